The van der Waals surface area contributed by atoms with Crippen LogP contribution in [0.1, 0.15) is 44.7 Å². The highest BCUT2D eigenvalue weighted by atomic mass is 32.2. The molecule has 0 unspecified atom stereocenters. The molecule has 140 valence electrons. The molecule has 1 atom stereocenters. The molecule has 1 aliphatic heterocycles. The van der Waals surface area contributed by atoms with E-state index in [9.17, 15) is 18.0 Å². The van der Waals surface area contributed by atoms with Gasteiger partial charge in [0.05, 0.1) is 17.1 Å². The van der Waals surface area contributed by atoms with E-state index >= 15 is 0 Å². The van der Waals surface area contributed by atoms with Crippen molar-refractivity contribution in [3.8, 4) is 0 Å². The highest BCUT2D eigenvalue weighted by molar-refractivity contribution is 7.89. The molecule has 0 radical (unpaired) electrons. The number of carbonyl (C=O) groups excluding carboxylic acids is 2. The Bertz CT molecular complexity index is 1040. The van der Waals surface area contributed by atoms with Crippen LogP contribution in [0.2, 0.25) is 0 Å². The van der Waals surface area contributed by atoms with Crippen LogP contribution >= 0.6 is 0 Å². The van der Waals surface area contributed by atoms with Gasteiger partial charge in [0.25, 0.3) is 0 Å². The summed E-state index contributed by atoms with van der Waals surface area (Å²) in [5.74, 6) is -0.756. The summed E-state index contributed by atoms with van der Waals surface area (Å²) in [7, 11) is -2.40. The Morgan fingerprint density at radius 1 is 1.00 bits per heavy atom. The Kier molecular flexibility index (Phi) is 4.46. The number of fused-ring (bicyclic) bond motifs is 2. The minimum Gasteiger partial charge on any atom is -0.383 e. The van der Waals surface area contributed by atoms with Gasteiger partial charge in [-0.15, -0.1) is 0 Å². The monoisotopic (exact) mass is 385 g/mol. The first kappa shape index (κ1) is 18.0. The van der Waals surface area contributed by atoms with E-state index in [0.717, 1.165) is 6.42 Å². The molecule has 1 aliphatic carbocycles. The largest absolute Gasteiger partial charge is 0.383 e. The van der Waals surface area contributed by atoms with E-state index in [1.807, 2.05) is 0 Å². The maximum Gasteiger partial charge on any atom is 0.244 e. The van der Waals surface area contributed by atoms with E-state index in [1.54, 1.807) is 24.3 Å². The van der Waals surface area contributed by atoms with Gasteiger partial charge in [0.1, 0.15) is 0 Å². The third kappa shape index (κ3) is 2.74. The molecular weight excluding hydrogens is 366 g/mol. The molecule has 2 aromatic carbocycles. The molecule has 7 heteroatoms. The number of nitrogens with zero attached hydrogens (tertiary/aromatic N) is 1. The molecule has 0 aromatic heterocycles. The number of methoxy groups -OCH3 is 1. The molecule has 0 bridgehead atoms. The average Bonchev–Trinajstić information content (AvgIpc) is 3.15. The van der Waals surface area contributed by atoms with E-state index in [4.69, 9.17) is 4.74 Å². The molecule has 1 fully saturated rings. The van der Waals surface area contributed by atoms with Crippen LogP contribution in [0.15, 0.2) is 47.4 Å². The quantitative estimate of drug-likeness (QED) is 0.688. The van der Waals surface area contributed by atoms with Crippen molar-refractivity contribution in [2.24, 2.45) is 0 Å². The van der Waals surface area contributed by atoms with E-state index in [2.05, 4.69) is 0 Å². The van der Waals surface area contributed by atoms with Crippen LogP contribution in [-0.4, -0.2) is 50.6 Å². The van der Waals surface area contributed by atoms with E-state index in [1.165, 1.54) is 29.6 Å². The summed E-state index contributed by atoms with van der Waals surface area (Å²) < 4.78 is 33.3. The topological polar surface area (TPSA) is 80.8 Å². The van der Waals surface area contributed by atoms with Crippen molar-refractivity contribution in [1.29, 1.82) is 0 Å². The third-order valence-electron chi connectivity index (χ3n) is 5.18. The van der Waals surface area contributed by atoms with Gasteiger partial charge in [0.2, 0.25) is 10.0 Å². The Hall–Kier alpha value is -2.35. The van der Waals surface area contributed by atoms with Gasteiger partial charge in [-0.25, -0.2) is 8.42 Å². The molecule has 0 amide bonds. The van der Waals surface area contributed by atoms with Crippen LogP contribution in [0.3, 0.4) is 0 Å². The predicted octanol–water partition coefficient (Wildman–Crippen LogP) is 2.26. The fourth-order valence-electron chi connectivity index (χ4n) is 3.94. The second-order valence-electron chi connectivity index (χ2n) is 6.75. The second kappa shape index (κ2) is 6.67. The lowest BCUT2D eigenvalue weighted by Gasteiger charge is -2.26. The summed E-state index contributed by atoms with van der Waals surface area (Å²) >= 11 is 0. The van der Waals surface area contributed by atoms with Gasteiger partial charge in [0.15, 0.2) is 11.6 Å². The standard InChI is InChI=1S/C20H19NO5S/c1-26-12-13-6-5-11-21(13)27(24,25)17-10-4-9-16-18(17)20(23)15-8-3-2-7-14(15)19(16)22/h2-4,7-10,13H,5-6,11-12H2,1H3/t13-/m0/s1. The van der Waals surface area contributed by atoms with Crippen molar-refractivity contribution in [2.75, 3.05) is 20.3 Å². The van der Waals surface area contributed by atoms with Gasteiger partial charge in [-0.3, -0.25) is 9.59 Å². The number of hydrogen-bond donors (Lipinski definition) is 0. The molecule has 0 N–H and O–H groups in total. The van der Waals surface area contributed by atoms with Crippen LogP contribution in [0, 0.1) is 0 Å². The van der Waals surface area contributed by atoms with E-state index in [0.29, 0.717) is 25.1 Å². The average molecular weight is 385 g/mol. The van der Waals surface area contributed by atoms with Gasteiger partial charge < -0.3 is 4.74 Å². The molecular formula is C20H19NO5S. The molecule has 6 nitrogen and oxygen atoms in total. The summed E-state index contributed by atoms with van der Waals surface area (Å²) in [5, 5.41) is 0. The highest BCUT2D eigenvalue weighted by Crippen LogP contribution is 2.34. The van der Waals surface area contributed by atoms with Crippen LogP contribution in [0.25, 0.3) is 0 Å². The number of ketones is 2. The molecule has 1 heterocycles. The normalized spacial score (nSPS) is 19.8. The number of carbonyl (C=O) groups is 2. The number of rotatable bonds is 4. The zero-order valence-corrected chi connectivity index (χ0v) is 15.7. The number of sulfonamides is 1. The number of hydrogen-bond acceptors (Lipinski definition) is 5. The first-order chi connectivity index (χ1) is 13.0. The Labute approximate surface area is 157 Å². The Balaban J connectivity index is 1.87. The van der Waals surface area contributed by atoms with Crippen molar-refractivity contribution in [3.05, 3.63) is 64.7 Å². The number of ether oxygens (including phenoxy) is 1. The van der Waals surface area contributed by atoms with E-state index < -0.39 is 15.8 Å². The molecule has 27 heavy (non-hydrogen) atoms. The van der Waals surface area contributed by atoms with E-state index in [-0.39, 0.29) is 33.4 Å². The summed E-state index contributed by atoms with van der Waals surface area (Å²) in [5.41, 5.74) is 0.669. The number of benzene rings is 2. The van der Waals surface area contributed by atoms with Crippen LogP contribution in [0.4, 0.5) is 0 Å². The summed E-state index contributed by atoms with van der Waals surface area (Å²) in [6.07, 6.45) is 1.44. The van der Waals surface area contributed by atoms with Gasteiger partial charge in [0, 0.05) is 36.4 Å². The highest BCUT2D eigenvalue weighted by Gasteiger charge is 2.40. The molecule has 2 aliphatic rings. The minimum absolute atomic E-state index is 0.0238. The Morgan fingerprint density at radius 3 is 2.37 bits per heavy atom. The SMILES string of the molecule is COC[C@@H]1CCCN1S(=O)(=O)c1cccc2c1C(=O)c1ccccc1C2=O. The molecule has 4 rings (SSSR count). The summed E-state index contributed by atoms with van der Waals surface area (Å²) in [6.45, 7) is 0.669. The van der Waals surface area contributed by atoms with Crippen molar-refractivity contribution in [3.63, 3.8) is 0 Å². The first-order valence-electron chi connectivity index (χ1n) is 8.79. The minimum atomic E-state index is -3.93. The van der Waals surface area contributed by atoms with Crippen LogP contribution < -0.4 is 0 Å². The van der Waals surface area contributed by atoms with Gasteiger partial charge in [-0.1, -0.05) is 36.4 Å². The lowest BCUT2D eigenvalue weighted by Crippen LogP contribution is -2.39. The molecule has 2 aromatic rings. The van der Waals surface area contributed by atoms with Gasteiger partial charge >= 0.3 is 0 Å². The lowest BCUT2D eigenvalue weighted by molar-refractivity contribution is 0.0976. The fraction of sp³-hybridized carbons (Fsp3) is 0.300. The zero-order valence-electron chi connectivity index (χ0n) is 14.8. The zero-order chi connectivity index (χ0) is 19.2. The molecule has 0 spiro atoms. The maximum atomic E-state index is 13.4. The summed E-state index contributed by atoms with van der Waals surface area (Å²) in [6, 6.07) is 10.7. The maximum absolute atomic E-state index is 13.4. The molecule has 1 saturated heterocycles. The first-order valence-corrected chi connectivity index (χ1v) is 10.2. The van der Waals surface area contributed by atoms with Crippen molar-refractivity contribution < 1.29 is 22.7 Å². The van der Waals surface area contributed by atoms with Crippen molar-refractivity contribution in [2.45, 2.75) is 23.8 Å². The lowest BCUT2D eigenvalue weighted by atomic mass is 9.84. The third-order valence-corrected chi connectivity index (χ3v) is 7.18. The molecule has 0 saturated carbocycles. The predicted molar refractivity (Wildman–Crippen MR) is 98.5 cm³/mol. The smallest absolute Gasteiger partial charge is 0.244 e. The van der Waals surface area contributed by atoms with Crippen molar-refractivity contribution in [1.82, 2.24) is 4.31 Å². The van der Waals surface area contributed by atoms with Crippen molar-refractivity contribution >= 4 is 21.6 Å². The fourth-order valence-corrected chi connectivity index (χ4v) is 5.83. The van der Waals surface area contributed by atoms with Gasteiger partial charge in [-0.2, -0.15) is 4.31 Å². The van der Waals surface area contributed by atoms with Gasteiger partial charge in [-0.05, 0) is 18.9 Å². The Morgan fingerprint density at radius 2 is 1.67 bits per heavy atom. The second-order valence-corrected chi connectivity index (χ2v) is 8.61. The van der Waals surface area contributed by atoms with Crippen LogP contribution in [0.5, 0.6) is 0 Å². The van der Waals surface area contributed by atoms with Crippen LogP contribution in [-0.2, 0) is 14.8 Å². The summed E-state index contributed by atoms with van der Waals surface area (Å²) in [4.78, 5) is 25.8.